The topological polar surface area (TPSA) is 41.6 Å². The summed E-state index contributed by atoms with van der Waals surface area (Å²) in [6.45, 7) is 1.79. The van der Waals surface area contributed by atoms with Crippen molar-refractivity contribution in [1.29, 1.82) is 0 Å². The number of carbonyl (C=O) groups excluding carboxylic acids is 1. The van der Waals surface area contributed by atoms with E-state index in [0.29, 0.717) is 5.56 Å². The van der Waals surface area contributed by atoms with E-state index < -0.39 is 0 Å². The third-order valence-electron chi connectivity index (χ3n) is 2.17. The standard InChI is InChI=1S/C12H18N2O2/c1-14(2)8-7-13-11-6-4-5-10(9-11)12(15)16-3/h4-6,9,13H,7-8H2,1-3H3. The summed E-state index contributed by atoms with van der Waals surface area (Å²) < 4.78 is 4.66. The van der Waals surface area contributed by atoms with Gasteiger partial charge in [-0.3, -0.25) is 0 Å². The van der Waals surface area contributed by atoms with E-state index in [1.54, 1.807) is 12.1 Å². The van der Waals surface area contributed by atoms with Crippen LogP contribution in [-0.2, 0) is 4.74 Å². The largest absolute Gasteiger partial charge is 0.465 e. The minimum absolute atomic E-state index is 0.309. The van der Waals surface area contributed by atoms with Crippen LogP contribution in [-0.4, -0.2) is 45.2 Å². The molecule has 0 saturated heterocycles. The first-order valence-electron chi connectivity index (χ1n) is 5.20. The number of ether oxygens (including phenoxy) is 1. The molecule has 0 spiro atoms. The molecule has 0 fully saturated rings. The zero-order chi connectivity index (χ0) is 12.0. The Hall–Kier alpha value is -1.55. The monoisotopic (exact) mass is 222 g/mol. The van der Waals surface area contributed by atoms with E-state index in [1.807, 2.05) is 26.2 Å². The van der Waals surface area contributed by atoms with Gasteiger partial charge < -0.3 is 15.0 Å². The fourth-order valence-corrected chi connectivity index (χ4v) is 1.30. The molecule has 0 aliphatic rings. The van der Waals surface area contributed by atoms with Crippen molar-refractivity contribution >= 4 is 11.7 Å². The lowest BCUT2D eigenvalue weighted by molar-refractivity contribution is 0.0601. The molecule has 0 aromatic heterocycles. The Kier molecular flexibility index (Phi) is 4.79. The Balaban J connectivity index is 2.57. The molecule has 0 aliphatic carbocycles. The third-order valence-corrected chi connectivity index (χ3v) is 2.17. The number of anilines is 1. The first-order valence-corrected chi connectivity index (χ1v) is 5.20. The molecule has 1 aromatic rings. The van der Waals surface area contributed by atoms with E-state index in [9.17, 15) is 4.79 Å². The Labute approximate surface area is 96.2 Å². The van der Waals surface area contributed by atoms with Crippen molar-refractivity contribution in [3.8, 4) is 0 Å². The minimum atomic E-state index is -0.309. The zero-order valence-electron chi connectivity index (χ0n) is 9.99. The van der Waals surface area contributed by atoms with Crippen molar-refractivity contribution in [3.63, 3.8) is 0 Å². The van der Waals surface area contributed by atoms with Crippen LogP contribution >= 0.6 is 0 Å². The number of nitrogens with zero attached hydrogens (tertiary/aromatic N) is 1. The van der Waals surface area contributed by atoms with Gasteiger partial charge in [-0.2, -0.15) is 0 Å². The van der Waals surface area contributed by atoms with Crippen molar-refractivity contribution in [2.45, 2.75) is 0 Å². The SMILES string of the molecule is COC(=O)c1cccc(NCCN(C)C)c1. The molecule has 0 aliphatic heterocycles. The van der Waals surface area contributed by atoms with Crippen LogP contribution < -0.4 is 5.32 Å². The van der Waals surface area contributed by atoms with Gasteiger partial charge in [0.15, 0.2) is 0 Å². The van der Waals surface area contributed by atoms with Crippen LogP contribution in [0.15, 0.2) is 24.3 Å². The van der Waals surface area contributed by atoms with Crippen molar-refractivity contribution in [1.82, 2.24) is 4.90 Å². The van der Waals surface area contributed by atoms with Gasteiger partial charge in [0.25, 0.3) is 0 Å². The number of likely N-dealkylation sites (N-methyl/N-ethyl adjacent to an activating group) is 1. The fraction of sp³-hybridized carbons (Fsp3) is 0.417. The molecule has 1 N–H and O–H groups in total. The Morgan fingerprint density at radius 1 is 1.44 bits per heavy atom. The van der Waals surface area contributed by atoms with Crippen LogP contribution in [0.5, 0.6) is 0 Å². The molecule has 0 atom stereocenters. The van der Waals surface area contributed by atoms with E-state index in [4.69, 9.17) is 0 Å². The smallest absolute Gasteiger partial charge is 0.337 e. The predicted molar refractivity (Wildman–Crippen MR) is 64.8 cm³/mol. The van der Waals surface area contributed by atoms with Gasteiger partial charge in [0, 0.05) is 18.8 Å². The van der Waals surface area contributed by atoms with Gasteiger partial charge >= 0.3 is 5.97 Å². The molecular formula is C12H18N2O2. The number of rotatable bonds is 5. The molecule has 0 radical (unpaired) electrons. The highest BCUT2D eigenvalue weighted by Crippen LogP contribution is 2.11. The van der Waals surface area contributed by atoms with Gasteiger partial charge in [-0.05, 0) is 32.3 Å². The highest BCUT2D eigenvalue weighted by molar-refractivity contribution is 5.90. The summed E-state index contributed by atoms with van der Waals surface area (Å²) in [5.74, 6) is -0.309. The van der Waals surface area contributed by atoms with Crippen LogP contribution in [0.25, 0.3) is 0 Å². The number of esters is 1. The van der Waals surface area contributed by atoms with Crippen LogP contribution in [0.4, 0.5) is 5.69 Å². The summed E-state index contributed by atoms with van der Waals surface area (Å²) in [6, 6.07) is 7.30. The Morgan fingerprint density at radius 2 is 2.19 bits per heavy atom. The number of benzene rings is 1. The maximum atomic E-state index is 11.3. The van der Waals surface area contributed by atoms with Crippen molar-refractivity contribution in [2.24, 2.45) is 0 Å². The summed E-state index contributed by atoms with van der Waals surface area (Å²) in [6.07, 6.45) is 0. The Bertz CT molecular complexity index is 351. The van der Waals surface area contributed by atoms with E-state index in [0.717, 1.165) is 18.8 Å². The van der Waals surface area contributed by atoms with E-state index in [2.05, 4.69) is 15.0 Å². The molecule has 1 rings (SSSR count). The van der Waals surface area contributed by atoms with Gasteiger partial charge in [-0.1, -0.05) is 6.07 Å². The lowest BCUT2D eigenvalue weighted by atomic mass is 10.2. The molecule has 0 heterocycles. The highest BCUT2D eigenvalue weighted by Gasteiger charge is 2.04. The van der Waals surface area contributed by atoms with Crippen molar-refractivity contribution in [3.05, 3.63) is 29.8 Å². The first-order chi connectivity index (χ1) is 7.63. The number of hydrogen-bond donors (Lipinski definition) is 1. The van der Waals surface area contributed by atoms with Gasteiger partial charge in [0.1, 0.15) is 0 Å². The zero-order valence-corrected chi connectivity index (χ0v) is 9.99. The molecule has 0 amide bonds. The van der Waals surface area contributed by atoms with Crippen LogP contribution in [0, 0.1) is 0 Å². The second kappa shape index (κ2) is 6.12. The summed E-state index contributed by atoms with van der Waals surface area (Å²) in [4.78, 5) is 13.4. The molecular weight excluding hydrogens is 204 g/mol. The van der Waals surface area contributed by atoms with E-state index in [-0.39, 0.29) is 5.97 Å². The van der Waals surface area contributed by atoms with Crippen LogP contribution in [0.1, 0.15) is 10.4 Å². The quantitative estimate of drug-likeness (QED) is 0.766. The summed E-state index contributed by atoms with van der Waals surface area (Å²) >= 11 is 0. The second-order valence-electron chi connectivity index (χ2n) is 3.80. The van der Waals surface area contributed by atoms with Crippen LogP contribution in [0.3, 0.4) is 0 Å². The summed E-state index contributed by atoms with van der Waals surface area (Å²) in [5, 5.41) is 3.25. The molecule has 0 bridgehead atoms. The summed E-state index contributed by atoms with van der Waals surface area (Å²) in [5.41, 5.74) is 1.50. The average molecular weight is 222 g/mol. The van der Waals surface area contributed by atoms with Gasteiger partial charge in [-0.25, -0.2) is 4.79 Å². The molecule has 88 valence electrons. The normalized spacial score (nSPS) is 10.2. The van der Waals surface area contributed by atoms with Crippen molar-refractivity contribution in [2.75, 3.05) is 39.6 Å². The van der Waals surface area contributed by atoms with Gasteiger partial charge in [-0.15, -0.1) is 0 Å². The maximum Gasteiger partial charge on any atom is 0.337 e. The van der Waals surface area contributed by atoms with Crippen LogP contribution in [0.2, 0.25) is 0 Å². The maximum absolute atomic E-state index is 11.3. The first kappa shape index (κ1) is 12.5. The van der Waals surface area contributed by atoms with Gasteiger partial charge in [0.05, 0.1) is 12.7 Å². The molecule has 16 heavy (non-hydrogen) atoms. The Morgan fingerprint density at radius 3 is 2.81 bits per heavy atom. The number of carbonyl (C=O) groups is 1. The summed E-state index contributed by atoms with van der Waals surface area (Å²) in [7, 11) is 5.42. The lowest BCUT2D eigenvalue weighted by Gasteiger charge is -2.11. The molecule has 0 saturated carbocycles. The van der Waals surface area contributed by atoms with Crippen molar-refractivity contribution < 1.29 is 9.53 Å². The molecule has 4 nitrogen and oxygen atoms in total. The minimum Gasteiger partial charge on any atom is -0.465 e. The number of methoxy groups -OCH3 is 1. The van der Waals surface area contributed by atoms with E-state index >= 15 is 0 Å². The fourth-order valence-electron chi connectivity index (χ4n) is 1.30. The van der Waals surface area contributed by atoms with Gasteiger partial charge in [0.2, 0.25) is 0 Å². The highest BCUT2D eigenvalue weighted by atomic mass is 16.5. The third kappa shape index (κ3) is 3.90. The predicted octanol–water partition coefficient (Wildman–Crippen LogP) is 1.45. The molecule has 0 unspecified atom stereocenters. The second-order valence-corrected chi connectivity index (χ2v) is 3.80. The lowest BCUT2D eigenvalue weighted by Crippen LogP contribution is -2.20. The average Bonchev–Trinajstić information content (AvgIpc) is 2.28. The number of hydrogen-bond acceptors (Lipinski definition) is 4. The number of nitrogens with one attached hydrogen (secondary N) is 1. The molecule has 4 heteroatoms. The van der Waals surface area contributed by atoms with E-state index in [1.165, 1.54) is 7.11 Å². The molecule has 1 aromatic carbocycles.